The van der Waals surface area contributed by atoms with Crippen LogP contribution in [-0.4, -0.2) is 32.1 Å². The summed E-state index contributed by atoms with van der Waals surface area (Å²) in [7, 11) is 4.39. The van der Waals surface area contributed by atoms with Crippen LogP contribution >= 0.6 is 0 Å². The molecule has 2 aromatic carbocycles. The first-order valence-electron chi connectivity index (χ1n) is 7.97. The van der Waals surface area contributed by atoms with E-state index in [0.29, 0.717) is 33.9 Å². The van der Waals surface area contributed by atoms with Crippen LogP contribution in [0.1, 0.15) is 16.1 Å². The van der Waals surface area contributed by atoms with Gasteiger partial charge >= 0.3 is 0 Å². The number of carbonyl (C=O) groups excluding carboxylic acids is 1. The Balaban J connectivity index is 1.97. The molecule has 7 heteroatoms. The first-order valence-corrected chi connectivity index (χ1v) is 7.97. The zero-order valence-corrected chi connectivity index (χ0v) is 14.9. The number of ether oxygens (including phenoxy) is 3. The molecule has 3 aromatic rings. The summed E-state index contributed by atoms with van der Waals surface area (Å²) in [6.45, 7) is 0. The number of benzene rings is 2. The monoisotopic (exact) mass is 373 g/mol. The van der Waals surface area contributed by atoms with Crippen molar-refractivity contribution in [3.05, 3.63) is 65.5 Å². The van der Waals surface area contributed by atoms with Gasteiger partial charge in [-0.05, 0) is 41.5 Å². The summed E-state index contributed by atoms with van der Waals surface area (Å²) in [5, 5.41) is 0. The van der Waals surface area contributed by atoms with Crippen molar-refractivity contribution in [2.75, 3.05) is 21.3 Å². The van der Waals surface area contributed by atoms with E-state index in [9.17, 15) is 13.6 Å². The Kier molecular flexibility index (Phi) is 5.12. The van der Waals surface area contributed by atoms with Crippen LogP contribution in [0.3, 0.4) is 0 Å². The number of nitrogens with one attached hydrogen (secondary N) is 1. The summed E-state index contributed by atoms with van der Waals surface area (Å²) in [5.41, 5.74) is 1.62. The van der Waals surface area contributed by atoms with E-state index in [1.165, 1.54) is 27.4 Å². The highest BCUT2D eigenvalue weighted by molar-refractivity contribution is 6.09. The van der Waals surface area contributed by atoms with Crippen molar-refractivity contribution in [3.8, 4) is 28.4 Å². The van der Waals surface area contributed by atoms with Crippen LogP contribution in [0.25, 0.3) is 11.1 Å². The molecule has 0 amide bonds. The molecule has 1 heterocycles. The van der Waals surface area contributed by atoms with Crippen molar-refractivity contribution in [1.29, 1.82) is 0 Å². The number of halogens is 2. The molecule has 1 aromatic heterocycles. The lowest BCUT2D eigenvalue weighted by molar-refractivity contribution is 0.103. The zero-order valence-electron chi connectivity index (χ0n) is 14.9. The maximum absolute atomic E-state index is 13.4. The Hall–Kier alpha value is -3.35. The molecule has 1 N–H and O–H groups in total. The lowest BCUT2D eigenvalue weighted by Crippen LogP contribution is -2.04. The third-order valence-corrected chi connectivity index (χ3v) is 4.11. The average Bonchev–Trinajstić information content (AvgIpc) is 3.18. The number of aromatic nitrogens is 1. The standard InChI is InChI=1S/C20H17F2NO4/c1-25-17-8-12(9-18(26-2)20(17)27-3)19(24)16-7-13(10-23-16)11-4-5-14(21)15(22)6-11/h4-10,23H,1-3H3. The van der Waals surface area contributed by atoms with Gasteiger partial charge < -0.3 is 19.2 Å². The van der Waals surface area contributed by atoms with Crippen molar-refractivity contribution in [2.24, 2.45) is 0 Å². The quantitative estimate of drug-likeness (QED) is 0.658. The van der Waals surface area contributed by atoms with E-state index in [-0.39, 0.29) is 11.5 Å². The maximum Gasteiger partial charge on any atom is 0.209 e. The van der Waals surface area contributed by atoms with E-state index in [2.05, 4.69) is 4.98 Å². The fraction of sp³-hybridized carbons (Fsp3) is 0.150. The Morgan fingerprint density at radius 2 is 1.52 bits per heavy atom. The first kappa shape index (κ1) is 18.4. The Morgan fingerprint density at radius 3 is 2.07 bits per heavy atom. The van der Waals surface area contributed by atoms with Gasteiger partial charge in [0.05, 0.1) is 27.0 Å². The highest BCUT2D eigenvalue weighted by atomic mass is 19.2. The molecule has 0 atom stereocenters. The fourth-order valence-electron chi connectivity index (χ4n) is 2.74. The van der Waals surface area contributed by atoms with Gasteiger partial charge in [-0.2, -0.15) is 0 Å². The van der Waals surface area contributed by atoms with E-state index < -0.39 is 11.6 Å². The summed E-state index contributed by atoms with van der Waals surface area (Å²) in [6.07, 6.45) is 1.55. The van der Waals surface area contributed by atoms with E-state index in [0.717, 1.165) is 12.1 Å². The summed E-state index contributed by atoms with van der Waals surface area (Å²) in [4.78, 5) is 15.7. The van der Waals surface area contributed by atoms with Crippen LogP contribution in [0.4, 0.5) is 8.78 Å². The van der Waals surface area contributed by atoms with Gasteiger partial charge in [-0.3, -0.25) is 4.79 Å². The van der Waals surface area contributed by atoms with Crippen LogP contribution in [0, 0.1) is 11.6 Å². The van der Waals surface area contributed by atoms with E-state index in [4.69, 9.17) is 14.2 Å². The number of ketones is 1. The molecule has 0 aliphatic carbocycles. The third kappa shape index (κ3) is 3.48. The molecular weight excluding hydrogens is 356 g/mol. The Bertz CT molecular complexity index is 972. The van der Waals surface area contributed by atoms with Gasteiger partial charge in [0.1, 0.15) is 0 Å². The van der Waals surface area contributed by atoms with Crippen LogP contribution in [0.2, 0.25) is 0 Å². The predicted molar refractivity (Wildman–Crippen MR) is 95.7 cm³/mol. The molecule has 0 radical (unpaired) electrons. The van der Waals surface area contributed by atoms with Crippen molar-refractivity contribution >= 4 is 5.78 Å². The summed E-state index contributed by atoms with van der Waals surface area (Å²) in [6, 6.07) is 8.21. The molecule has 5 nitrogen and oxygen atoms in total. The highest BCUT2D eigenvalue weighted by Crippen LogP contribution is 2.38. The van der Waals surface area contributed by atoms with E-state index in [1.54, 1.807) is 24.4 Å². The van der Waals surface area contributed by atoms with Gasteiger partial charge in [0.2, 0.25) is 11.5 Å². The largest absolute Gasteiger partial charge is 0.493 e. The average molecular weight is 373 g/mol. The molecule has 27 heavy (non-hydrogen) atoms. The molecular formula is C20H17F2NO4. The molecule has 0 aliphatic heterocycles. The number of rotatable bonds is 6. The van der Waals surface area contributed by atoms with Crippen LogP contribution in [0.5, 0.6) is 17.2 Å². The van der Waals surface area contributed by atoms with Gasteiger partial charge in [0.15, 0.2) is 23.1 Å². The van der Waals surface area contributed by atoms with Crippen LogP contribution in [-0.2, 0) is 0 Å². The molecule has 0 bridgehead atoms. The van der Waals surface area contributed by atoms with Gasteiger partial charge in [-0.25, -0.2) is 8.78 Å². The number of carbonyl (C=O) groups is 1. The molecule has 0 fully saturated rings. The summed E-state index contributed by atoms with van der Waals surface area (Å²) >= 11 is 0. The van der Waals surface area contributed by atoms with Crippen molar-refractivity contribution in [2.45, 2.75) is 0 Å². The van der Waals surface area contributed by atoms with Crippen LogP contribution in [0.15, 0.2) is 42.6 Å². The van der Waals surface area contributed by atoms with Gasteiger partial charge in [-0.1, -0.05) is 6.07 Å². The minimum atomic E-state index is -0.953. The number of aromatic amines is 1. The smallest absolute Gasteiger partial charge is 0.209 e. The number of H-pyrrole nitrogens is 1. The molecule has 0 aliphatic rings. The second kappa shape index (κ2) is 7.49. The van der Waals surface area contributed by atoms with Gasteiger partial charge in [0, 0.05) is 11.8 Å². The lowest BCUT2D eigenvalue weighted by atomic mass is 10.0. The number of methoxy groups -OCH3 is 3. The summed E-state index contributed by atoms with van der Waals surface area (Å²) in [5.74, 6) is -1.11. The molecule has 3 rings (SSSR count). The van der Waals surface area contributed by atoms with Gasteiger partial charge in [-0.15, -0.1) is 0 Å². The molecule has 140 valence electrons. The first-order chi connectivity index (χ1) is 13.0. The number of hydrogen-bond donors (Lipinski definition) is 1. The van der Waals surface area contributed by atoms with Crippen molar-refractivity contribution in [3.63, 3.8) is 0 Å². The number of hydrogen-bond acceptors (Lipinski definition) is 4. The summed E-state index contributed by atoms with van der Waals surface area (Å²) < 4.78 is 42.3. The predicted octanol–water partition coefficient (Wildman–Crippen LogP) is 4.22. The minimum Gasteiger partial charge on any atom is -0.493 e. The van der Waals surface area contributed by atoms with Gasteiger partial charge in [0.25, 0.3) is 0 Å². The minimum absolute atomic E-state index is 0.281. The Labute approximate surface area is 154 Å². The highest BCUT2D eigenvalue weighted by Gasteiger charge is 2.19. The zero-order chi connectivity index (χ0) is 19.6. The third-order valence-electron chi connectivity index (χ3n) is 4.11. The fourth-order valence-corrected chi connectivity index (χ4v) is 2.74. The molecule has 0 unspecified atom stereocenters. The van der Waals surface area contributed by atoms with E-state index >= 15 is 0 Å². The second-order valence-corrected chi connectivity index (χ2v) is 5.67. The van der Waals surface area contributed by atoms with Crippen LogP contribution < -0.4 is 14.2 Å². The lowest BCUT2D eigenvalue weighted by Gasteiger charge is -2.13. The molecule has 0 saturated carbocycles. The topological polar surface area (TPSA) is 60.6 Å². The SMILES string of the molecule is COc1cc(C(=O)c2cc(-c3ccc(F)c(F)c3)c[nH]2)cc(OC)c1OC. The maximum atomic E-state index is 13.4. The Morgan fingerprint density at radius 1 is 0.852 bits per heavy atom. The molecule has 0 saturated heterocycles. The normalized spacial score (nSPS) is 10.6. The molecule has 0 spiro atoms. The van der Waals surface area contributed by atoms with Crippen molar-refractivity contribution in [1.82, 2.24) is 4.98 Å². The second-order valence-electron chi connectivity index (χ2n) is 5.67. The van der Waals surface area contributed by atoms with E-state index in [1.807, 2.05) is 0 Å². The van der Waals surface area contributed by atoms with Crippen molar-refractivity contribution < 1.29 is 27.8 Å².